The van der Waals surface area contributed by atoms with Crippen LogP contribution >= 0.6 is 12.2 Å². The number of phenolic OH excluding ortho intramolecular Hbond substituents is 1. The number of rotatable bonds is 2. The third kappa shape index (κ3) is 2.95. The van der Waals surface area contributed by atoms with Crippen LogP contribution in [0.1, 0.15) is 0 Å². The van der Waals surface area contributed by atoms with Gasteiger partial charge in [-0.25, -0.2) is 0 Å². The van der Waals surface area contributed by atoms with Gasteiger partial charge in [-0.3, -0.25) is 0 Å². The van der Waals surface area contributed by atoms with E-state index < -0.39 is 0 Å². The lowest BCUT2D eigenvalue weighted by Crippen LogP contribution is -2.18. The number of anilines is 1. The number of aromatic hydroxyl groups is 1. The van der Waals surface area contributed by atoms with Gasteiger partial charge in [0.05, 0.1) is 0 Å². The summed E-state index contributed by atoms with van der Waals surface area (Å²) >= 11 is 4.79. The molecule has 0 unspecified atom stereocenters. The molecule has 0 atom stereocenters. The molecule has 0 amide bonds. The van der Waals surface area contributed by atoms with E-state index in [2.05, 4.69) is 5.32 Å². The minimum atomic E-state index is 0.243. The van der Waals surface area contributed by atoms with Crippen molar-refractivity contribution in [3.63, 3.8) is 0 Å². The lowest BCUT2D eigenvalue weighted by atomic mass is 10.1. The molecule has 86 valence electrons. The van der Waals surface area contributed by atoms with E-state index in [1.807, 2.05) is 36.4 Å². The molecule has 0 aliphatic carbocycles. The van der Waals surface area contributed by atoms with Gasteiger partial charge in [0, 0.05) is 5.69 Å². The molecule has 3 nitrogen and oxygen atoms in total. The summed E-state index contributed by atoms with van der Waals surface area (Å²) in [5.41, 5.74) is 8.33. The Balaban J connectivity index is 2.32. The SMILES string of the molecule is NC(=S)Nc1cccc(-c2ccc(O)cc2)c1. The van der Waals surface area contributed by atoms with Crippen molar-refractivity contribution in [3.05, 3.63) is 48.5 Å². The average molecular weight is 244 g/mol. The molecule has 0 fully saturated rings. The number of nitrogens with two attached hydrogens (primary N) is 1. The van der Waals surface area contributed by atoms with Gasteiger partial charge >= 0.3 is 0 Å². The zero-order valence-corrected chi connectivity index (χ0v) is 9.87. The van der Waals surface area contributed by atoms with Crippen LogP contribution in [0.3, 0.4) is 0 Å². The Bertz CT molecular complexity index is 537. The summed E-state index contributed by atoms with van der Waals surface area (Å²) in [6.45, 7) is 0. The van der Waals surface area contributed by atoms with Crippen molar-refractivity contribution in [2.45, 2.75) is 0 Å². The third-order valence-electron chi connectivity index (χ3n) is 2.33. The predicted octanol–water partition coefficient (Wildman–Crippen LogP) is 2.71. The van der Waals surface area contributed by atoms with Crippen LogP contribution in [0.4, 0.5) is 5.69 Å². The van der Waals surface area contributed by atoms with E-state index in [4.69, 9.17) is 18.0 Å². The standard InChI is InChI=1S/C13H12N2OS/c14-13(17)15-11-3-1-2-10(8-11)9-4-6-12(16)7-5-9/h1-8,16H,(H3,14,15,17). The molecule has 17 heavy (non-hydrogen) atoms. The molecule has 2 rings (SSSR count). The summed E-state index contributed by atoms with van der Waals surface area (Å²) in [5, 5.41) is 12.4. The minimum absolute atomic E-state index is 0.243. The number of benzene rings is 2. The first-order chi connectivity index (χ1) is 8.15. The summed E-state index contributed by atoms with van der Waals surface area (Å²) in [7, 11) is 0. The molecule has 0 saturated heterocycles. The first kappa shape index (κ1) is 11.4. The fraction of sp³-hybridized carbons (Fsp3) is 0. The van der Waals surface area contributed by atoms with E-state index in [9.17, 15) is 5.11 Å². The lowest BCUT2D eigenvalue weighted by Gasteiger charge is -2.07. The maximum Gasteiger partial charge on any atom is 0.168 e. The Morgan fingerprint density at radius 2 is 1.76 bits per heavy atom. The van der Waals surface area contributed by atoms with Gasteiger partial charge < -0.3 is 16.2 Å². The second-order valence-corrected chi connectivity index (χ2v) is 4.06. The highest BCUT2D eigenvalue weighted by Crippen LogP contribution is 2.24. The molecule has 2 aromatic rings. The highest BCUT2D eigenvalue weighted by atomic mass is 32.1. The summed E-state index contributed by atoms with van der Waals surface area (Å²) in [4.78, 5) is 0. The van der Waals surface area contributed by atoms with E-state index in [1.54, 1.807) is 12.1 Å². The van der Waals surface area contributed by atoms with Crippen LogP contribution in [0, 0.1) is 0 Å². The minimum Gasteiger partial charge on any atom is -0.508 e. The molecule has 0 heterocycles. The molecule has 0 aliphatic rings. The lowest BCUT2D eigenvalue weighted by molar-refractivity contribution is 0.475. The van der Waals surface area contributed by atoms with Gasteiger partial charge in [0.1, 0.15) is 5.75 Å². The van der Waals surface area contributed by atoms with Crippen molar-refractivity contribution in [1.29, 1.82) is 0 Å². The molecule has 0 bridgehead atoms. The van der Waals surface area contributed by atoms with E-state index in [0.717, 1.165) is 16.8 Å². The molecule has 4 N–H and O–H groups in total. The van der Waals surface area contributed by atoms with Crippen LogP contribution in [-0.4, -0.2) is 10.2 Å². The number of thiocarbonyl (C=S) groups is 1. The summed E-state index contributed by atoms with van der Waals surface area (Å²) in [5.74, 6) is 0.256. The van der Waals surface area contributed by atoms with Crippen LogP contribution in [0.15, 0.2) is 48.5 Å². The quantitative estimate of drug-likeness (QED) is 0.711. The van der Waals surface area contributed by atoms with Crippen molar-refractivity contribution < 1.29 is 5.11 Å². The van der Waals surface area contributed by atoms with E-state index in [1.165, 1.54) is 0 Å². The van der Waals surface area contributed by atoms with Crippen molar-refractivity contribution in [3.8, 4) is 16.9 Å². The van der Waals surface area contributed by atoms with Crippen molar-refractivity contribution >= 4 is 23.0 Å². The first-order valence-electron chi connectivity index (χ1n) is 5.11. The third-order valence-corrected chi connectivity index (χ3v) is 2.43. The molecule has 4 heteroatoms. The number of hydrogen-bond acceptors (Lipinski definition) is 2. The topological polar surface area (TPSA) is 58.3 Å². The van der Waals surface area contributed by atoms with Crippen molar-refractivity contribution in [2.24, 2.45) is 5.73 Å². The maximum absolute atomic E-state index is 9.23. The van der Waals surface area contributed by atoms with Gasteiger partial charge in [-0.05, 0) is 47.6 Å². The van der Waals surface area contributed by atoms with E-state index in [0.29, 0.717) is 0 Å². The predicted molar refractivity (Wildman–Crippen MR) is 74.0 cm³/mol. The van der Waals surface area contributed by atoms with Gasteiger partial charge in [0.25, 0.3) is 0 Å². The van der Waals surface area contributed by atoms with Gasteiger partial charge in [-0.15, -0.1) is 0 Å². The summed E-state index contributed by atoms with van der Waals surface area (Å²) in [6.07, 6.45) is 0. The van der Waals surface area contributed by atoms with Crippen molar-refractivity contribution in [2.75, 3.05) is 5.32 Å². The zero-order valence-electron chi connectivity index (χ0n) is 9.05. The molecular formula is C13H12N2OS. The number of phenols is 1. The molecule has 0 radical (unpaired) electrons. The number of hydrogen-bond donors (Lipinski definition) is 3. The maximum atomic E-state index is 9.23. The molecule has 0 spiro atoms. The summed E-state index contributed by atoms with van der Waals surface area (Å²) in [6, 6.07) is 14.8. The second kappa shape index (κ2) is 4.84. The Hall–Kier alpha value is -2.07. The van der Waals surface area contributed by atoms with E-state index in [-0.39, 0.29) is 10.9 Å². The molecule has 2 aromatic carbocycles. The molecule has 0 aliphatic heterocycles. The van der Waals surface area contributed by atoms with Gasteiger partial charge in [-0.1, -0.05) is 24.3 Å². The normalized spacial score (nSPS) is 9.88. The van der Waals surface area contributed by atoms with Crippen LogP contribution in [0.25, 0.3) is 11.1 Å². The fourth-order valence-electron chi connectivity index (χ4n) is 1.57. The molecule has 0 aromatic heterocycles. The molecular weight excluding hydrogens is 232 g/mol. The van der Waals surface area contributed by atoms with Gasteiger partial charge in [0.2, 0.25) is 0 Å². The first-order valence-corrected chi connectivity index (χ1v) is 5.52. The van der Waals surface area contributed by atoms with Crippen LogP contribution in [-0.2, 0) is 0 Å². The number of nitrogens with one attached hydrogen (secondary N) is 1. The Morgan fingerprint density at radius 3 is 2.41 bits per heavy atom. The van der Waals surface area contributed by atoms with E-state index >= 15 is 0 Å². The highest BCUT2D eigenvalue weighted by molar-refractivity contribution is 7.80. The van der Waals surface area contributed by atoms with Crippen molar-refractivity contribution in [1.82, 2.24) is 0 Å². The van der Waals surface area contributed by atoms with Crippen LogP contribution in [0.5, 0.6) is 5.75 Å². The van der Waals surface area contributed by atoms with Crippen LogP contribution < -0.4 is 11.1 Å². The zero-order chi connectivity index (χ0) is 12.3. The largest absolute Gasteiger partial charge is 0.508 e. The summed E-state index contributed by atoms with van der Waals surface area (Å²) < 4.78 is 0. The Labute approximate surface area is 105 Å². The van der Waals surface area contributed by atoms with Crippen LogP contribution in [0.2, 0.25) is 0 Å². The smallest absolute Gasteiger partial charge is 0.168 e. The van der Waals surface area contributed by atoms with Gasteiger partial charge in [0.15, 0.2) is 5.11 Å². The molecule has 0 saturated carbocycles. The average Bonchev–Trinajstić information content (AvgIpc) is 2.29. The van der Waals surface area contributed by atoms with Gasteiger partial charge in [-0.2, -0.15) is 0 Å². The fourth-order valence-corrected chi connectivity index (χ4v) is 1.69. The Morgan fingerprint density at radius 1 is 1.06 bits per heavy atom. The monoisotopic (exact) mass is 244 g/mol. The second-order valence-electron chi connectivity index (χ2n) is 3.62. The Kier molecular flexibility index (Phi) is 3.25. The highest BCUT2D eigenvalue weighted by Gasteiger charge is 1.99.